The molecule has 9 heteroatoms. The van der Waals surface area contributed by atoms with Crippen molar-refractivity contribution < 1.29 is 26.4 Å². The first-order valence-corrected chi connectivity index (χ1v) is 9.10. The van der Waals surface area contributed by atoms with Gasteiger partial charge in [-0.3, -0.25) is 4.79 Å². The number of carbonyl (C=O) groups is 1. The van der Waals surface area contributed by atoms with Crippen LogP contribution in [0.1, 0.15) is 21.5 Å². The highest BCUT2D eigenvalue weighted by atomic mass is 32.2. The maximum Gasteiger partial charge on any atom is 0.416 e. The van der Waals surface area contributed by atoms with Crippen molar-refractivity contribution in [2.75, 3.05) is 13.1 Å². The fourth-order valence-electron chi connectivity index (χ4n) is 2.10. The number of benzene rings is 2. The fraction of sp³-hybridized carbons (Fsp3) is 0.235. The molecule has 0 bridgehead atoms. The van der Waals surface area contributed by atoms with E-state index in [-0.39, 0.29) is 23.5 Å². The molecule has 0 aromatic heterocycles. The summed E-state index contributed by atoms with van der Waals surface area (Å²) in [6.07, 6.45) is -4.54. The van der Waals surface area contributed by atoms with E-state index in [1.165, 1.54) is 18.2 Å². The zero-order valence-corrected chi connectivity index (χ0v) is 14.6. The molecule has 0 saturated carbocycles. The van der Waals surface area contributed by atoms with Crippen molar-refractivity contribution in [3.63, 3.8) is 0 Å². The van der Waals surface area contributed by atoms with Gasteiger partial charge in [0.1, 0.15) is 0 Å². The van der Waals surface area contributed by atoms with Crippen molar-refractivity contribution in [2.24, 2.45) is 0 Å². The molecule has 2 N–H and O–H groups in total. The van der Waals surface area contributed by atoms with Crippen LogP contribution in [0.5, 0.6) is 0 Å². The van der Waals surface area contributed by atoms with Gasteiger partial charge in [-0.05, 0) is 37.3 Å². The Labute approximate surface area is 149 Å². The maximum atomic E-state index is 12.6. The van der Waals surface area contributed by atoms with Gasteiger partial charge in [0.05, 0.1) is 10.5 Å². The summed E-state index contributed by atoms with van der Waals surface area (Å²) in [6, 6.07) is 10.2. The van der Waals surface area contributed by atoms with E-state index in [9.17, 15) is 26.4 Å². The highest BCUT2D eigenvalue weighted by Crippen LogP contribution is 2.29. The van der Waals surface area contributed by atoms with Crippen molar-refractivity contribution in [3.05, 3.63) is 65.2 Å². The Kier molecular flexibility index (Phi) is 6.04. The molecule has 2 aromatic rings. The molecule has 0 saturated heterocycles. The number of carbonyl (C=O) groups excluding carboxylic acids is 1. The van der Waals surface area contributed by atoms with Gasteiger partial charge in [0.2, 0.25) is 10.0 Å². The second-order valence-electron chi connectivity index (χ2n) is 5.55. The molecule has 0 radical (unpaired) electrons. The lowest BCUT2D eigenvalue weighted by molar-refractivity contribution is -0.137. The second kappa shape index (κ2) is 7.88. The van der Waals surface area contributed by atoms with E-state index in [0.717, 1.165) is 23.8 Å². The molecule has 0 aliphatic heterocycles. The first kappa shape index (κ1) is 19.9. The van der Waals surface area contributed by atoms with E-state index in [1.807, 2.05) is 6.92 Å². The van der Waals surface area contributed by atoms with Crippen molar-refractivity contribution in [2.45, 2.75) is 18.0 Å². The molecule has 2 rings (SSSR count). The van der Waals surface area contributed by atoms with Crippen LogP contribution in [0.3, 0.4) is 0 Å². The molecule has 26 heavy (non-hydrogen) atoms. The van der Waals surface area contributed by atoms with Gasteiger partial charge in [-0.1, -0.05) is 23.8 Å². The number of rotatable bonds is 6. The summed E-state index contributed by atoms with van der Waals surface area (Å²) in [6.45, 7) is 1.66. The molecule has 0 heterocycles. The number of hydrogen-bond acceptors (Lipinski definition) is 3. The molecule has 0 spiro atoms. The van der Waals surface area contributed by atoms with Crippen molar-refractivity contribution in [3.8, 4) is 0 Å². The molecule has 0 aliphatic rings. The van der Waals surface area contributed by atoms with E-state index >= 15 is 0 Å². The van der Waals surface area contributed by atoms with Gasteiger partial charge in [0.15, 0.2) is 0 Å². The lowest BCUT2D eigenvalue weighted by Gasteiger charge is -2.10. The maximum absolute atomic E-state index is 12.6. The normalized spacial score (nSPS) is 12.0. The first-order chi connectivity index (χ1) is 12.1. The minimum Gasteiger partial charge on any atom is -0.351 e. The van der Waals surface area contributed by atoms with Gasteiger partial charge in [-0.15, -0.1) is 0 Å². The Morgan fingerprint density at radius 2 is 1.69 bits per heavy atom. The Morgan fingerprint density at radius 1 is 1.04 bits per heavy atom. The van der Waals surface area contributed by atoms with Crippen LogP contribution in [0, 0.1) is 6.92 Å². The fourth-order valence-corrected chi connectivity index (χ4v) is 3.13. The smallest absolute Gasteiger partial charge is 0.351 e. The largest absolute Gasteiger partial charge is 0.416 e. The van der Waals surface area contributed by atoms with Crippen LogP contribution in [0.2, 0.25) is 0 Å². The summed E-state index contributed by atoms with van der Waals surface area (Å²) in [5.74, 6) is -0.717. The SMILES string of the molecule is Cc1ccc(S(=O)(=O)NCCNC(=O)c2cccc(C(F)(F)F)c2)cc1. The standard InChI is InChI=1S/C17H17F3N2O3S/c1-12-5-7-15(8-6-12)26(24,25)22-10-9-21-16(23)13-3-2-4-14(11-13)17(18,19)20/h2-8,11,22H,9-10H2,1H3,(H,21,23). The minimum atomic E-state index is -4.54. The molecule has 0 atom stereocenters. The van der Waals surface area contributed by atoms with Crippen LogP contribution in [-0.4, -0.2) is 27.4 Å². The van der Waals surface area contributed by atoms with Crippen LogP contribution in [0.25, 0.3) is 0 Å². The first-order valence-electron chi connectivity index (χ1n) is 7.61. The third-order valence-electron chi connectivity index (χ3n) is 3.49. The quantitative estimate of drug-likeness (QED) is 0.750. The Balaban J connectivity index is 1.90. The zero-order valence-electron chi connectivity index (χ0n) is 13.8. The number of aryl methyl sites for hydroxylation is 1. The van der Waals surface area contributed by atoms with Crippen molar-refractivity contribution in [1.29, 1.82) is 0 Å². The Bertz CT molecular complexity index is 879. The molecule has 2 aromatic carbocycles. The minimum absolute atomic E-state index is 0.0693. The Morgan fingerprint density at radius 3 is 2.31 bits per heavy atom. The molecule has 1 amide bonds. The molecule has 0 aliphatic carbocycles. The van der Waals surface area contributed by atoms with E-state index in [4.69, 9.17) is 0 Å². The third-order valence-corrected chi connectivity index (χ3v) is 4.96. The predicted octanol–water partition coefficient (Wildman–Crippen LogP) is 2.72. The highest BCUT2D eigenvalue weighted by Gasteiger charge is 2.30. The molecular weight excluding hydrogens is 369 g/mol. The van der Waals surface area contributed by atoms with Gasteiger partial charge in [0, 0.05) is 18.7 Å². The number of alkyl halides is 3. The van der Waals surface area contributed by atoms with Gasteiger partial charge < -0.3 is 5.32 Å². The molecular formula is C17H17F3N2O3S. The van der Waals surface area contributed by atoms with E-state index in [2.05, 4.69) is 10.0 Å². The number of amides is 1. The summed E-state index contributed by atoms with van der Waals surface area (Å²) < 4.78 is 64.4. The van der Waals surface area contributed by atoms with Gasteiger partial charge in [-0.2, -0.15) is 13.2 Å². The van der Waals surface area contributed by atoms with E-state index in [1.54, 1.807) is 12.1 Å². The summed E-state index contributed by atoms with van der Waals surface area (Å²) in [4.78, 5) is 12.0. The number of sulfonamides is 1. The number of nitrogens with one attached hydrogen (secondary N) is 2. The van der Waals surface area contributed by atoms with Crippen LogP contribution in [-0.2, 0) is 16.2 Å². The van der Waals surface area contributed by atoms with Crippen LogP contribution < -0.4 is 10.0 Å². The van der Waals surface area contributed by atoms with E-state index in [0.29, 0.717) is 0 Å². The molecule has 0 fully saturated rings. The number of hydrogen-bond donors (Lipinski definition) is 2. The second-order valence-corrected chi connectivity index (χ2v) is 7.31. The van der Waals surface area contributed by atoms with Crippen molar-refractivity contribution in [1.82, 2.24) is 10.0 Å². The average molecular weight is 386 g/mol. The molecule has 5 nitrogen and oxygen atoms in total. The van der Waals surface area contributed by atoms with Gasteiger partial charge in [0.25, 0.3) is 5.91 Å². The zero-order chi connectivity index (χ0) is 19.4. The molecule has 140 valence electrons. The highest BCUT2D eigenvalue weighted by molar-refractivity contribution is 7.89. The van der Waals surface area contributed by atoms with Crippen LogP contribution >= 0.6 is 0 Å². The Hall–Kier alpha value is -2.39. The topological polar surface area (TPSA) is 75.3 Å². The lowest BCUT2D eigenvalue weighted by Crippen LogP contribution is -2.34. The summed E-state index contributed by atoms with van der Waals surface area (Å²) in [5.41, 5.74) is -0.163. The monoisotopic (exact) mass is 386 g/mol. The lowest BCUT2D eigenvalue weighted by atomic mass is 10.1. The summed E-state index contributed by atoms with van der Waals surface area (Å²) >= 11 is 0. The van der Waals surface area contributed by atoms with Gasteiger partial charge >= 0.3 is 6.18 Å². The summed E-state index contributed by atoms with van der Waals surface area (Å²) in [5, 5.41) is 2.38. The number of halogens is 3. The summed E-state index contributed by atoms with van der Waals surface area (Å²) in [7, 11) is -3.72. The van der Waals surface area contributed by atoms with E-state index < -0.39 is 27.7 Å². The average Bonchev–Trinajstić information content (AvgIpc) is 2.58. The molecule has 0 unspecified atom stereocenters. The van der Waals surface area contributed by atoms with Gasteiger partial charge in [-0.25, -0.2) is 13.1 Å². The van der Waals surface area contributed by atoms with Crippen LogP contribution in [0.15, 0.2) is 53.4 Å². The predicted molar refractivity (Wildman–Crippen MR) is 90.1 cm³/mol. The van der Waals surface area contributed by atoms with Crippen molar-refractivity contribution >= 4 is 15.9 Å². The van der Waals surface area contributed by atoms with Crippen LogP contribution in [0.4, 0.5) is 13.2 Å². The third kappa shape index (κ3) is 5.30.